The van der Waals surface area contributed by atoms with Gasteiger partial charge in [0, 0.05) is 10.6 Å². The molecule has 1 heterocycles. The van der Waals surface area contributed by atoms with E-state index in [1.807, 2.05) is 0 Å². The van der Waals surface area contributed by atoms with Gasteiger partial charge < -0.3 is 10.1 Å². The van der Waals surface area contributed by atoms with Crippen LogP contribution in [0.25, 0.3) is 0 Å². The van der Waals surface area contributed by atoms with Crippen molar-refractivity contribution in [2.75, 3.05) is 17.9 Å². The molecule has 1 amide bonds. The zero-order chi connectivity index (χ0) is 21.7. The molecule has 0 saturated carbocycles. The van der Waals surface area contributed by atoms with E-state index in [0.29, 0.717) is 22.0 Å². The Morgan fingerprint density at radius 2 is 1.80 bits per heavy atom. The SMILES string of the molecule is COc1ccc(C(=O)NNc2ncnc(Nc3ccc(Cl)cc3Cl)c2[N+](=O)[O-])cc1. The third kappa shape index (κ3) is 4.85. The summed E-state index contributed by atoms with van der Waals surface area (Å²) in [5.41, 5.74) is 5.00. The van der Waals surface area contributed by atoms with Crippen molar-refractivity contribution in [2.24, 2.45) is 0 Å². The Bertz CT molecular complexity index is 1090. The molecule has 12 heteroatoms. The van der Waals surface area contributed by atoms with Crippen LogP contribution in [0.15, 0.2) is 48.8 Å². The number of hydrazine groups is 1. The minimum Gasteiger partial charge on any atom is -0.497 e. The maximum absolute atomic E-state index is 12.3. The summed E-state index contributed by atoms with van der Waals surface area (Å²) in [7, 11) is 1.51. The molecule has 0 aliphatic rings. The second-order valence-electron chi connectivity index (χ2n) is 5.73. The van der Waals surface area contributed by atoms with Gasteiger partial charge >= 0.3 is 5.69 Å². The highest BCUT2D eigenvalue weighted by Gasteiger charge is 2.24. The van der Waals surface area contributed by atoms with Gasteiger partial charge in [-0.2, -0.15) is 0 Å². The van der Waals surface area contributed by atoms with Crippen molar-refractivity contribution in [1.29, 1.82) is 0 Å². The number of aromatic nitrogens is 2. The molecular formula is C18H14Cl2N6O4. The molecule has 10 nitrogen and oxygen atoms in total. The Morgan fingerprint density at radius 1 is 1.10 bits per heavy atom. The fraction of sp³-hybridized carbons (Fsp3) is 0.0556. The first-order chi connectivity index (χ1) is 14.4. The van der Waals surface area contributed by atoms with Crippen molar-refractivity contribution in [2.45, 2.75) is 0 Å². The van der Waals surface area contributed by atoms with Crippen molar-refractivity contribution in [3.05, 3.63) is 74.5 Å². The molecule has 3 aromatic rings. The number of rotatable bonds is 7. The summed E-state index contributed by atoms with van der Waals surface area (Å²) in [6.07, 6.45) is 1.10. The minimum absolute atomic E-state index is 0.125. The lowest BCUT2D eigenvalue weighted by molar-refractivity contribution is -0.383. The first-order valence-corrected chi connectivity index (χ1v) is 9.06. The Morgan fingerprint density at radius 3 is 2.43 bits per heavy atom. The number of nitrogens with zero attached hydrogens (tertiary/aromatic N) is 3. The lowest BCUT2D eigenvalue weighted by Gasteiger charge is -2.12. The number of halogens is 2. The molecule has 0 fully saturated rings. The fourth-order valence-corrected chi connectivity index (χ4v) is 2.84. The van der Waals surface area contributed by atoms with Crippen molar-refractivity contribution in [3.8, 4) is 5.75 Å². The van der Waals surface area contributed by atoms with Crippen LogP contribution in [0.4, 0.5) is 23.0 Å². The topological polar surface area (TPSA) is 131 Å². The van der Waals surface area contributed by atoms with Gasteiger partial charge in [-0.1, -0.05) is 23.2 Å². The molecule has 154 valence electrons. The van der Waals surface area contributed by atoms with Crippen LogP contribution in [-0.4, -0.2) is 27.9 Å². The van der Waals surface area contributed by atoms with Gasteiger partial charge in [-0.05, 0) is 42.5 Å². The van der Waals surface area contributed by atoms with Gasteiger partial charge in [0.05, 0.1) is 22.7 Å². The van der Waals surface area contributed by atoms with Crippen LogP contribution >= 0.6 is 23.2 Å². The lowest BCUT2D eigenvalue weighted by Crippen LogP contribution is -2.30. The van der Waals surface area contributed by atoms with Crippen LogP contribution in [-0.2, 0) is 0 Å². The molecule has 0 aliphatic heterocycles. The van der Waals surface area contributed by atoms with Crippen LogP contribution in [0.5, 0.6) is 5.75 Å². The number of amides is 1. The number of hydrogen-bond acceptors (Lipinski definition) is 8. The fourth-order valence-electron chi connectivity index (χ4n) is 2.38. The number of hydrogen-bond donors (Lipinski definition) is 3. The molecule has 0 unspecified atom stereocenters. The van der Waals surface area contributed by atoms with Gasteiger partial charge in [0.1, 0.15) is 12.1 Å². The molecule has 3 N–H and O–H groups in total. The van der Waals surface area contributed by atoms with Crippen LogP contribution in [0.1, 0.15) is 10.4 Å². The summed E-state index contributed by atoms with van der Waals surface area (Å²) in [6.45, 7) is 0. The standard InChI is InChI=1S/C18H14Cl2N6O4/c1-30-12-5-2-10(3-6-12)18(27)25-24-17-15(26(28)29)16(21-9-22-17)23-14-7-4-11(19)8-13(14)20/h2-9H,1H3,(H,25,27)(H2,21,22,23,24). The maximum atomic E-state index is 12.3. The third-order valence-corrected chi connectivity index (χ3v) is 4.38. The van der Waals surface area contributed by atoms with Crippen molar-refractivity contribution in [1.82, 2.24) is 15.4 Å². The smallest absolute Gasteiger partial charge is 0.355 e. The summed E-state index contributed by atoms with van der Waals surface area (Å²) < 4.78 is 5.03. The molecule has 2 aromatic carbocycles. The first kappa shape index (κ1) is 21.1. The van der Waals surface area contributed by atoms with E-state index < -0.39 is 16.5 Å². The van der Waals surface area contributed by atoms with Gasteiger partial charge in [0.15, 0.2) is 0 Å². The lowest BCUT2D eigenvalue weighted by atomic mass is 10.2. The van der Waals surface area contributed by atoms with E-state index in [4.69, 9.17) is 27.9 Å². The third-order valence-electron chi connectivity index (χ3n) is 3.84. The largest absolute Gasteiger partial charge is 0.497 e. The summed E-state index contributed by atoms with van der Waals surface area (Å²) in [4.78, 5) is 31.0. The highest BCUT2D eigenvalue weighted by atomic mass is 35.5. The van der Waals surface area contributed by atoms with Gasteiger partial charge in [0.2, 0.25) is 11.6 Å². The molecule has 30 heavy (non-hydrogen) atoms. The van der Waals surface area contributed by atoms with Crippen molar-refractivity contribution in [3.63, 3.8) is 0 Å². The van der Waals surface area contributed by atoms with Crippen LogP contribution in [0, 0.1) is 10.1 Å². The molecule has 0 atom stereocenters. The maximum Gasteiger partial charge on any atom is 0.355 e. The number of ether oxygens (including phenoxy) is 1. The van der Waals surface area contributed by atoms with Crippen LogP contribution in [0.2, 0.25) is 10.0 Å². The quantitative estimate of drug-likeness (QED) is 0.361. The predicted molar refractivity (Wildman–Crippen MR) is 113 cm³/mol. The Labute approximate surface area is 180 Å². The van der Waals surface area contributed by atoms with E-state index in [0.717, 1.165) is 6.33 Å². The van der Waals surface area contributed by atoms with E-state index in [-0.39, 0.29) is 16.7 Å². The summed E-state index contributed by atoms with van der Waals surface area (Å²) in [5.74, 6) is -0.284. The highest BCUT2D eigenvalue weighted by molar-refractivity contribution is 6.36. The number of nitro groups is 1. The minimum atomic E-state index is -0.686. The van der Waals surface area contributed by atoms with Gasteiger partial charge in [-0.25, -0.2) is 9.97 Å². The first-order valence-electron chi connectivity index (χ1n) is 8.31. The molecule has 0 radical (unpaired) electrons. The van der Waals surface area contributed by atoms with Crippen molar-refractivity contribution < 1.29 is 14.5 Å². The number of methoxy groups -OCH3 is 1. The van der Waals surface area contributed by atoms with Crippen molar-refractivity contribution >= 4 is 52.1 Å². The zero-order valence-corrected chi connectivity index (χ0v) is 16.9. The average Bonchev–Trinajstić information content (AvgIpc) is 2.74. The molecule has 1 aromatic heterocycles. The monoisotopic (exact) mass is 448 g/mol. The van der Waals surface area contributed by atoms with Crippen LogP contribution in [0.3, 0.4) is 0 Å². The second-order valence-corrected chi connectivity index (χ2v) is 6.58. The average molecular weight is 449 g/mol. The van der Waals surface area contributed by atoms with E-state index in [9.17, 15) is 14.9 Å². The molecule has 0 aliphatic carbocycles. The highest BCUT2D eigenvalue weighted by Crippen LogP contribution is 2.34. The zero-order valence-electron chi connectivity index (χ0n) is 15.3. The summed E-state index contributed by atoms with van der Waals surface area (Å²) in [6, 6.07) is 10.9. The number of nitrogens with one attached hydrogen (secondary N) is 3. The normalized spacial score (nSPS) is 10.2. The molecule has 0 bridgehead atoms. The molecule has 3 rings (SSSR count). The molecule has 0 spiro atoms. The number of carbonyl (C=O) groups excluding carboxylic acids is 1. The Balaban J connectivity index is 1.81. The predicted octanol–water partition coefficient (Wildman–Crippen LogP) is 4.20. The van der Waals surface area contributed by atoms with Gasteiger partial charge in [-0.3, -0.25) is 25.8 Å². The molecule has 0 saturated heterocycles. The number of carbonyl (C=O) groups is 1. The number of anilines is 3. The van der Waals surface area contributed by atoms with E-state index in [1.54, 1.807) is 36.4 Å². The van der Waals surface area contributed by atoms with Gasteiger partial charge in [-0.15, -0.1) is 0 Å². The second kappa shape index (κ2) is 9.25. The van der Waals surface area contributed by atoms with E-state index >= 15 is 0 Å². The van der Waals surface area contributed by atoms with E-state index in [1.165, 1.54) is 13.2 Å². The molecular weight excluding hydrogens is 435 g/mol. The summed E-state index contributed by atoms with van der Waals surface area (Å²) >= 11 is 12.0. The Hall–Kier alpha value is -3.63. The number of benzene rings is 2. The van der Waals surface area contributed by atoms with E-state index in [2.05, 4.69) is 26.1 Å². The van der Waals surface area contributed by atoms with Crippen LogP contribution < -0.4 is 20.9 Å². The Kier molecular flexibility index (Phi) is 6.50. The van der Waals surface area contributed by atoms with Gasteiger partial charge in [0.25, 0.3) is 5.91 Å². The summed E-state index contributed by atoms with van der Waals surface area (Å²) in [5, 5.41) is 15.1.